The second-order valence-electron chi connectivity index (χ2n) is 6.49. The zero-order valence-corrected chi connectivity index (χ0v) is 13.2. The molecule has 20 heavy (non-hydrogen) atoms. The fourth-order valence-electron chi connectivity index (χ4n) is 3.35. The van der Waals surface area contributed by atoms with E-state index in [-0.39, 0.29) is 0 Å². The Morgan fingerprint density at radius 3 is 2.75 bits per heavy atom. The summed E-state index contributed by atoms with van der Waals surface area (Å²) in [5.41, 5.74) is 1.72. The minimum Gasteiger partial charge on any atom is -0.490 e. The highest BCUT2D eigenvalue weighted by Crippen LogP contribution is 2.36. The van der Waals surface area contributed by atoms with E-state index in [0.29, 0.717) is 11.5 Å². The molecular weight excluding hydrogens is 246 g/mol. The molecule has 0 spiro atoms. The molecule has 2 heteroatoms. The van der Waals surface area contributed by atoms with Crippen LogP contribution in [0.3, 0.4) is 0 Å². The summed E-state index contributed by atoms with van der Waals surface area (Å²) in [4.78, 5) is 0. The standard InChI is InChI=1S/C18H29NO/c1-4-10-18(3,14-19-11-5-2)13-16-12-15-8-6-7-9-17(15)20-16/h6-9,16,19H,4-5,10-14H2,1-3H3. The first-order chi connectivity index (χ1) is 9.67. The van der Waals surface area contributed by atoms with Crippen molar-refractivity contribution in [2.75, 3.05) is 13.1 Å². The van der Waals surface area contributed by atoms with E-state index in [9.17, 15) is 0 Å². The van der Waals surface area contributed by atoms with Crippen molar-refractivity contribution in [3.05, 3.63) is 29.8 Å². The maximum absolute atomic E-state index is 6.13. The van der Waals surface area contributed by atoms with Crippen molar-refractivity contribution >= 4 is 0 Å². The van der Waals surface area contributed by atoms with Gasteiger partial charge in [0.25, 0.3) is 0 Å². The van der Waals surface area contributed by atoms with Gasteiger partial charge in [0.05, 0.1) is 0 Å². The van der Waals surface area contributed by atoms with Gasteiger partial charge in [-0.25, -0.2) is 0 Å². The Bertz CT molecular complexity index is 393. The maximum atomic E-state index is 6.13. The second-order valence-corrected chi connectivity index (χ2v) is 6.49. The summed E-state index contributed by atoms with van der Waals surface area (Å²) in [6.07, 6.45) is 6.28. The number of hydrogen-bond acceptors (Lipinski definition) is 2. The van der Waals surface area contributed by atoms with Crippen molar-refractivity contribution in [2.45, 2.75) is 59.0 Å². The van der Waals surface area contributed by atoms with E-state index < -0.39 is 0 Å². The first-order valence-electron chi connectivity index (χ1n) is 8.12. The molecule has 0 aliphatic carbocycles. The van der Waals surface area contributed by atoms with Crippen LogP contribution in [0, 0.1) is 5.41 Å². The molecule has 1 heterocycles. The molecule has 0 aromatic heterocycles. The van der Waals surface area contributed by atoms with Crippen molar-refractivity contribution in [3.63, 3.8) is 0 Å². The number of rotatable bonds is 8. The van der Waals surface area contributed by atoms with Gasteiger partial charge in [-0.3, -0.25) is 0 Å². The third-order valence-electron chi connectivity index (χ3n) is 4.27. The van der Waals surface area contributed by atoms with Crippen molar-refractivity contribution in [1.29, 1.82) is 0 Å². The van der Waals surface area contributed by atoms with Crippen LogP contribution in [0.15, 0.2) is 24.3 Å². The minimum atomic E-state index is 0.344. The Morgan fingerprint density at radius 2 is 2.05 bits per heavy atom. The summed E-state index contributed by atoms with van der Waals surface area (Å²) in [6, 6.07) is 8.47. The zero-order chi connectivity index (χ0) is 14.4. The molecule has 0 amide bonds. The minimum absolute atomic E-state index is 0.344. The van der Waals surface area contributed by atoms with Gasteiger partial charge in [-0.05, 0) is 42.9 Å². The fourth-order valence-corrected chi connectivity index (χ4v) is 3.35. The van der Waals surface area contributed by atoms with E-state index in [4.69, 9.17) is 4.74 Å². The molecular formula is C18H29NO. The largest absolute Gasteiger partial charge is 0.490 e. The molecule has 0 bridgehead atoms. The summed E-state index contributed by atoms with van der Waals surface area (Å²) in [6.45, 7) is 9.13. The van der Waals surface area contributed by atoms with Crippen LogP contribution < -0.4 is 10.1 Å². The maximum Gasteiger partial charge on any atom is 0.123 e. The average molecular weight is 275 g/mol. The van der Waals surface area contributed by atoms with Crippen LogP contribution >= 0.6 is 0 Å². The molecule has 2 nitrogen and oxygen atoms in total. The highest BCUT2D eigenvalue weighted by molar-refractivity contribution is 5.37. The highest BCUT2D eigenvalue weighted by atomic mass is 16.5. The van der Waals surface area contributed by atoms with E-state index in [1.54, 1.807) is 0 Å². The molecule has 0 fully saturated rings. The summed E-state index contributed by atoms with van der Waals surface area (Å²) in [5.74, 6) is 1.10. The molecule has 0 saturated heterocycles. The Morgan fingerprint density at radius 1 is 1.25 bits per heavy atom. The third-order valence-corrected chi connectivity index (χ3v) is 4.27. The molecule has 2 unspecified atom stereocenters. The SMILES string of the molecule is CCCNCC(C)(CCC)CC1Cc2ccccc2O1. The van der Waals surface area contributed by atoms with E-state index in [1.807, 2.05) is 0 Å². The molecule has 0 saturated carbocycles. The van der Waals surface area contributed by atoms with Crippen LogP contribution in [-0.2, 0) is 6.42 Å². The lowest BCUT2D eigenvalue weighted by molar-refractivity contribution is 0.135. The van der Waals surface area contributed by atoms with Gasteiger partial charge in [0.1, 0.15) is 11.9 Å². The van der Waals surface area contributed by atoms with Gasteiger partial charge in [-0.2, -0.15) is 0 Å². The first kappa shape index (κ1) is 15.4. The van der Waals surface area contributed by atoms with Crippen LogP contribution in [0.1, 0.15) is 52.0 Å². The second kappa shape index (κ2) is 7.12. The van der Waals surface area contributed by atoms with Crippen molar-refractivity contribution in [3.8, 4) is 5.75 Å². The molecule has 2 rings (SSSR count). The van der Waals surface area contributed by atoms with E-state index in [0.717, 1.165) is 31.7 Å². The highest BCUT2D eigenvalue weighted by Gasteiger charge is 2.31. The number of nitrogens with one attached hydrogen (secondary N) is 1. The van der Waals surface area contributed by atoms with Crippen LogP contribution in [0.25, 0.3) is 0 Å². The summed E-state index contributed by atoms with van der Waals surface area (Å²) >= 11 is 0. The molecule has 2 atom stereocenters. The smallest absolute Gasteiger partial charge is 0.123 e. The van der Waals surface area contributed by atoms with E-state index in [2.05, 4.69) is 50.4 Å². The van der Waals surface area contributed by atoms with Gasteiger partial charge in [0, 0.05) is 13.0 Å². The Labute approximate surface area is 123 Å². The van der Waals surface area contributed by atoms with Crippen molar-refractivity contribution in [1.82, 2.24) is 5.32 Å². The molecule has 0 radical (unpaired) electrons. The Hall–Kier alpha value is -1.02. The topological polar surface area (TPSA) is 21.3 Å². The van der Waals surface area contributed by atoms with Gasteiger partial charge in [0.15, 0.2) is 0 Å². The number of benzene rings is 1. The van der Waals surface area contributed by atoms with Crippen molar-refractivity contribution < 1.29 is 4.74 Å². The Kier molecular flexibility index (Phi) is 5.47. The zero-order valence-electron chi connectivity index (χ0n) is 13.2. The van der Waals surface area contributed by atoms with Gasteiger partial charge >= 0.3 is 0 Å². The van der Waals surface area contributed by atoms with Crippen molar-refractivity contribution in [2.24, 2.45) is 5.41 Å². The number of ether oxygens (including phenoxy) is 1. The first-order valence-corrected chi connectivity index (χ1v) is 8.12. The lowest BCUT2D eigenvalue weighted by Gasteiger charge is -2.32. The molecule has 1 N–H and O–H groups in total. The molecule has 1 aliphatic heterocycles. The molecule has 1 aliphatic rings. The number of para-hydroxylation sites is 1. The average Bonchev–Trinajstić information content (AvgIpc) is 2.80. The van der Waals surface area contributed by atoms with Gasteiger partial charge in [-0.1, -0.05) is 45.4 Å². The predicted octanol–water partition coefficient (Wildman–Crippen LogP) is 4.19. The normalized spacial score (nSPS) is 20.2. The van der Waals surface area contributed by atoms with E-state index >= 15 is 0 Å². The summed E-state index contributed by atoms with van der Waals surface area (Å²) in [7, 11) is 0. The quantitative estimate of drug-likeness (QED) is 0.718. The van der Waals surface area contributed by atoms with E-state index in [1.165, 1.54) is 24.8 Å². The number of fused-ring (bicyclic) bond motifs is 1. The molecule has 1 aromatic rings. The van der Waals surface area contributed by atoms with Gasteiger partial charge in [0.2, 0.25) is 0 Å². The number of hydrogen-bond donors (Lipinski definition) is 1. The van der Waals surface area contributed by atoms with Crippen LogP contribution in [-0.4, -0.2) is 19.2 Å². The van der Waals surface area contributed by atoms with Gasteiger partial charge < -0.3 is 10.1 Å². The van der Waals surface area contributed by atoms with Crippen LogP contribution in [0.5, 0.6) is 5.75 Å². The monoisotopic (exact) mass is 275 g/mol. The lowest BCUT2D eigenvalue weighted by atomic mass is 9.79. The predicted molar refractivity (Wildman–Crippen MR) is 85.4 cm³/mol. The Balaban J connectivity index is 1.92. The van der Waals surface area contributed by atoms with Crippen LogP contribution in [0.4, 0.5) is 0 Å². The van der Waals surface area contributed by atoms with Gasteiger partial charge in [-0.15, -0.1) is 0 Å². The summed E-state index contributed by atoms with van der Waals surface area (Å²) < 4.78 is 6.13. The summed E-state index contributed by atoms with van der Waals surface area (Å²) in [5, 5.41) is 3.60. The third kappa shape index (κ3) is 3.99. The fraction of sp³-hybridized carbons (Fsp3) is 0.667. The lowest BCUT2D eigenvalue weighted by Crippen LogP contribution is -2.36. The molecule has 1 aromatic carbocycles. The molecule has 112 valence electrons. The van der Waals surface area contributed by atoms with Crippen LogP contribution in [0.2, 0.25) is 0 Å².